The van der Waals surface area contributed by atoms with E-state index in [1.807, 2.05) is 0 Å². The van der Waals surface area contributed by atoms with E-state index in [1.54, 1.807) is 5.56 Å². The molecule has 0 aliphatic carbocycles. The number of benzene rings is 1. The molecule has 1 atom stereocenters. The van der Waals surface area contributed by atoms with Crippen LogP contribution in [0.3, 0.4) is 0 Å². The van der Waals surface area contributed by atoms with E-state index in [0.29, 0.717) is 6.04 Å². The van der Waals surface area contributed by atoms with Gasteiger partial charge in [0.15, 0.2) is 0 Å². The number of nitrogens with one attached hydrogen (secondary N) is 1. The second-order valence-corrected chi connectivity index (χ2v) is 7.16. The summed E-state index contributed by atoms with van der Waals surface area (Å²) in [4.78, 5) is 5.26. The third kappa shape index (κ3) is 3.72. The summed E-state index contributed by atoms with van der Waals surface area (Å²) >= 11 is 0. The minimum Gasteiger partial charge on any atom is -0.369 e. The highest BCUT2D eigenvalue weighted by Gasteiger charge is 2.23. The Morgan fingerprint density at radius 1 is 1.13 bits per heavy atom. The van der Waals surface area contributed by atoms with E-state index in [4.69, 9.17) is 0 Å². The molecule has 3 heteroatoms. The smallest absolute Gasteiger partial charge is 0.0370 e. The summed E-state index contributed by atoms with van der Waals surface area (Å²) < 4.78 is 0. The van der Waals surface area contributed by atoms with Gasteiger partial charge in [-0.25, -0.2) is 0 Å². The van der Waals surface area contributed by atoms with Crippen molar-refractivity contribution in [2.45, 2.75) is 58.5 Å². The molecule has 0 spiro atoms. The summed E-state index contributed by atoms with van der Waals surface area (Å²) in [5, 5.41) is 3.64. The molecule has 3 rings (SSSR count). The van der Waals surface area contributed by atoms with Gasteiger partial charge in [0, 0.05) is 44.0 Å². The average Bonchev–Trinajstić information content (AvgIpc) is 2.78. The summed E-state index contributed by atoms with van der Waals surface area (Å²) in [5.41, 5.74) is 4.48. The zero-order valence-corrected chi connectivity index (χ0v) is 15.1. The SMILES string of the molecule is CCC(CC)N1CCN(c2ccc3c(c2)[C@H](C)NCCC3)CC1. The van der Waals surface area contributed by atoms with Crippen molar-refractivity contribution in [1.29, 1.82) is 0 Å². The predicted octanol–water partition coefficient (Wildman–Crippen LogP) is 3.59. The van der Waals surface area contributed by atoms with Gasteiger partial charge in [-0.05, 0) is 62.4 Å². The Bertz CT molecular complexity index is 502. The zero-order valence-electron chi connectivity index (χ0n) is 15.1. The normalized spacial score (nSPS) is 23.0. The molecule has 3 nitrogen and oxygen atoms in total. The van der Waals surface area contributed by atoms with Gasteiger partial charge in [0.1, 0.15) is 0 Å². The van der Waals surface area contributed by atoms with Crippen molar-refractivity contribution in [2.24, 2.45) is 0 Å². The van der Waals surface area contributed by atoms with Gasteiger partial charge >= 0.3 is 0 Å². The van der Waals surface area contributed by atoms with Gasteiger partial charge in [0.25, 0.3) is 0 Å². The highest BCUT2D eigenvalue weighted by molar-refractivity contribution is 5.52. The van der Waals surface area contributed by atoms with Crippen LogP contribution in [-0.2, 0) is 6.42 Å². The number of fused-ring (bicyclic) bond motifs is 1. The Balaban J connectivity index is 1.69. The molecular weight excluding hydrogens is 282 g/mol. The molecule has 2 aliphatic heterocycles. The molecule has 2 heterocycles. The highest BCUT2D eigenvalue weighted by atomic mass is 15.3. The first-order valence-corrected chi connectivity index (χ1v) is 9.58. The number of hydrogen-bond donors (Lipinski definition) is 1. The van der Waals surface area contributed by atoms with Crippen LogP contribution in [-0.4, -0.2) is 43.7 Å². The molecule has 0 saturated carbocycles. The van der Waals surface area contributed by atoms with Crippen molar-refractivity contribution in [3.63, 3.8) is 0 Å². The predicted molar refractivity (Wildman–Crippen MR) is 99.3 cm³/mol. The first kappa shape index (κ1) is 16.8. The fourth-order valence-corrected chi connectivity index (χ4v) is 4.27. The largest absolute Gasteiger partial charge is 0.369 e. The lowest BCUT2D eigenvalue weighted by Gasteiger charge is -2.40. The molecule has 0 bridgehead atoms. The third-order valence-electron chi connectivity index (χ3n) is 5.81. The summed E-state index contributed by atoms with van der Waals surface area (Å²) in [5.74, 6) is 0. The van der Waals surface area contributed by atoms with Crippen LogP contribution < -0.4 is 10.2 Å². The van der Waals surface area contributed by atoms with E-state index in [2.05, 4.69) is 54.1 Å². The van der Waals surface area contributed by atoms with Crippen molar-refractivity contribution in [1.82, 2.24) is 10.2 Å². The van der Waals surface area contributed by atoms with Crippen molar-refractivity contribution >= 4 is 5.69 Å². The minimum absolute atomic E-state index is 0.485. The Morgan fingerprint density at radius 3 is 2.57 bits per heavy atom. The Labute approximate surface area is 142 Å². The second kappa shape index (κ2) is 7.67. The van der Waals surface area contributed by atoms with Crippen molar-refractivity contribution < 1.29 is 0 Å². The molecule has 0 radical (unpaired) electrons. The molecule has 1 aromatic rings. The van der Waals surface area contributed by atoms with Gasteiger partial charge in [0.05, 0.1) is 0 Å². The summed E-state index contributed by atoms with van der Waals surface area (Å²) in [6.07, 6.45) is 5.03. The van der Waals surface area contributed by atoms with Crippen LogP contribution in [0.2, 0.25) is 0 Å². The molecule has 0 amide bonds. The second-order valence-electron chi connectivity index (χ2n) is 7.16. The van der Waals surface area contributed by atoms with Crippen molar-refractivity contribution in [3.8, 4) is 0 Å². The van der Waals surface area contributed by atoms with Gasteiger partial charge in [-0.2, -0.15) is 0 Å². The maximum absolute atomic E-state index is 3.64. The highest BCUT2D eigenvalue weighted by Crippen LogP contribution is 2.28. The van der Waals surface area contributed by atoms with E-state index in [-0.39, 0.29) is 0 Å². The summed E-state index contributed by atoms with van der Waals surface area (Å²) in [6, 6.07) is 8.43. The van der Waals surface area contributed by atoms with Crippen molar-refractivity contribution in [2.75, 3.05) is 37.6 Å². The fraction of sp³-hybridized carbons (Fsp3) is 0.700. The Morgan fingerprint density at radius 2 is 1.87 bits per heavy atom. The maximum atomic E-state index is 3.64. The molecule has 23 heavy (non-hydrogen) atoms. The molecule has 2 aliphatic rings. The van der Waals surface area contributed by atoms with Gasteiger partial charge in [-0.3, -0.25) is 4.90 Å². The van der Waals surface area contributed by atoms with Gasteiger partial charge in [0.2, 0.25) is 0 Å². The summed E-state index contributed by atoms with van der Waals surface area (Å²) in [7, 11) is 0. The Kier molecular flexibility index (Phi) is 5.60. The average molecular weight is 316 g/mol. The van der Waals surface area contributed by atoms with Crippen LogP contribution in [0.15, 0.2) is 18.2 Å². The topological polar surface area (TPSA) is 18.5 Å². The van der Waals surface area contributed by atoms with Crippen LogP contribution in [0.5, 0.6) is 0 Å². The lowest BCUT2D eigenvalue weighted by molar-refractivity contribution is 0.175. The molecule has 0 aromatic heterocycles. The maximum Gasteiger partial charge on any atom is 0.0370 e. The van der Waals surface area contributed by atoms with E-state index in [9.17, 15) is 0 Å². The molecule has 1 fully saturated rings. The minimum atomic E-state index is 0.485. The number of piperazine rings is 1. The first-order chi connectivity index (χ1) is 11.2. The standard InChI is InChI=1S/C20H33N3/c1-4-18(5-2)22-11-13-23(14-12-22)19-9-8-17-7-6-10-21-16(3)20(17)15-19/h8-9,15-16,18,21H,4-7,10-14H2,1-3H3/t16-/m0/s1. The van der Waals surface area contributed by atoms with Crippen LogP contribution in [0.25, 0.3) is 0 Å². The monoisotopic (exact) mass is 315 g/mol. The van der Waals surface area contributed by atoms with E-state index >= 15 is 0 Å². The van der Waals surface area contributed by atoms with Gasteiger partial charge < -0.3 is 10.2 Å². The molecule has 1 N–H and O–H groups in total. The van der Waals surface area contributed by atoms with E-state index < -0.39 is 0 Å². The number of hydrogen-bond acceptors (Lipinski definition) is 3. The molecule has 1 saturated heterocycles. The zero-order chi connectivity index (χ0) is 16.2. The Hall–Kier alpha value is -1.06. The number of aryl methyl sites for hydroxylation is 1. The number of anilines is 1. The van der Waals surface area contributed by atoms with E-state index in [1.165, 1.54) is 50.0 Å². The quantitative estimate of drug-likeness (QED) is 0.916. The van der Waals surface area contributed by atoms with Crippen molar-refractivity contribution in [3.05, 3.63) is 29.3 Å². The van der Waals surface area contributed by atoms with Gasteiger partial charge in [-0.15, -0.1) is 0 Å². The molecular formula is C20H33N3. The van der Waals surface area contributed by atoms with Crippen LogP contribution >= 0.6 is 0 Å². The van der Waals surface area contributed by atoms with Gasteiger partial charge in [-0.1, -0.05) is 19.9 Å². The third-order valence-corrected chi connectivity index (χ3v) is 5.81. The molecule has 0 unspecified atom stereocenters. The lowest BCUT2D eigenvalue weighted by Crippen LogP contribution is -2.50. The van der Waals surface area contributed by atoms with Crippen LogP contribution in [0.1, 0.15) is 57.2 Å². The summed E-state index contributed by atoms with van der Waals surface area (Å²) in [6.45, 7) is 12.8. The number of rotatable bonds is 4. The van der Waals surface area contributed by atoms with Crippen LogP contribution in [0.4, 0.5) is 5.69 Å². The molecule has 128 valence electrons. The van der Waals surface area contributed by atoms with Crippen LogP contribution in [0, 0.1) is 0 Å². The van der Waals surface area contributed by atoms with E-state index in [0.717, 1.165) is 25.7 Å². The first-order valence-electron chi connectivity index (χ1n) is 9.58. The fourth-order valence-electron chi connectivity index (χ4n) is 4.27. The molecule has 1 aromatic carbocycles. The lowest BCUT2D eigenvalue weighted by atomic mass is 9.98. The number of nitrogens with zero attached hydrogens (tertiary/aromatic N) is 2.